The second kappa shape index (κ2) is 25.1. The van der Waals surface area contributed by atoms with Crippen LogP contribution in [0.2, 0.25) is 0 Å². The van der Waals surface area contributed by atoms with Gasteiger partial charge in [0.05, 0.1) is 13.2 Å². The minimum absolute atomic E-state index is 0.00349. The maximum Gasteiger partial charge on any atom is 0.402 e. The van der Waals surface area contributed by atoms with Crippen LogP contribution < -0.4 is 0 Å². The standard InChI is InChI=1S/C94H70F12O4/c1-11-83(107)109-37-13-15-51-17-25-59-63-29-21-55(43-79(63)87(7,75(59)39-51)91(95,96)97)71-47-72(56-22-30-64-60-26-18-52(16-14-38-110-84(108)12-2)40-76(60)88(8,80(64)44-56)92(98,99)100)68-34-36-70-74(58-24-32-66-62-28-20-54(50(5)6)42-78(62)90(10,82(66)46-58)94(104,105)106)48-73(69-35-33-67(71)85(68)86(69)70)57-23-31-65-61-27-19-53(49(3)4)41-77(61)89(9,81(65)45-57)93(101,102)103/h11-12,17-36,39-48H,1-3,5,13-16,37-38H2,4,6-10H3. The molecule has 0 fully saturated rings. The zero-order chi connectivity index (χ0) is 78.2. The lowest BCUT2D eigenvalue weighted by molar-refractivity contribution is -0.172. The number of hydrogen-bond acceptors (Lipinski definition) is 4. The van der Waals surface area contributed by atoms with Crippen LogP contribution >= 0.6 is 0 Å². The number of benzene rings is 12. The molecule has 0 saturated carbocycles. The summed E-state index contributed by atoms with van der Waals surface area (Å²) in [5.74, 6) is -1.28. The Labute approximate surface area is 627 Å². The third-order valence-electron chi connectivity index (χ3n) is 24.2. The summed E-state index contributed by atoms with van der Waals surface area (Å²) in [7, 11) is 0. The SMILES string of the molecule is C=CC(=O)OCCCc1ccc2c(c1)C(C)(C(F)(F)F)c1cc(-c3cc(-c4ccc5c(c4)C(C)(C(F)(F)F)c4cc(CCCOC(=O)C=C)ccc4-5)c4ccc5c(-c6ccc7c(c6)C(C)(C(F)(F)F)c6cc(C(=C)C)ccc6-7)cc(-c6ccc7c(c6)C(C)(C(F)(F)F)c6cc(C(=C)C)ccc6-7)c6ccc3c4c65)ccc1-2. The van der Waals surface area contributed by atoms with Crippen molar-refractivity contribution in [2.75, 3.05) is 13.2 Å². The molecule has 554 valence electrons. The largest absolute Gasteiger partial charge is 0.463 e. The van der Waals surface area contributed by atoms with Crippen LogP contribution in [0.25, 0.3) is 132 Å². The molecule has 0 spiro atoms. The van der Waals surface area contributed by atoms with Gasteiger partial charge in [0.15, 0.2) is 0 Å². The Morgan fingerprint density at radius 3 is 0.809 bits per heavy atom. The van der Waals surface area contributed by atoms with Gasteiger partial charge in [-0.2, -0.15) is 52.7 Å². The van der Waals surface area contributed by atoms with Crippen LogP contribution in [0, 0.1) is 0 Å². The summed E-state index contributed by atoms with van der Waals surface area (Å²) in [5.41, 5.74) is -2.11. The molecule has 0 N–H and O–H groups in total. The Balaban J connectivity index is 0.972. The molecule has 0 aliphatic heterocycles. The van der Waals surface area contributed by atoms with Crippen molar-refractivity contribution in [2.45, 2.75) is 114 Å². The molecule has 4 aliphatic carbocycles. The number of rotatable bonds is 16. The number of carbonyl (C=O) groups is 2. The van der Waals surface area contributed by atoms with E-state index in [0.717, 1.165) is 39.8 Å². The first-order valence-corrected chi connectivity index (χ1v) is 36.1. The van der Waals surface area contributed by atoms with Crippen molar-refractivity contribution >= 4 is 55.4 Å². The second-order valence-corrected chi connectivity index (χ2v) is 30.3. The van der Waals surface area contributed by atoms with Gasteiger partial charge in [-0.3, -0.25) is 0 Å². The van der Waals surface area contributed by atoms with E-state index in [2.05, 4.69) is 26.3 Å². The quantitative estimate of drug-likeness (QED) is 0.0318. The summed E-state index contributed by atoms with van der Waals surface area (Å²) in [6, 6.07) is 49.8. The molecule has 4 aliphatic rings. The van der Waals surface area contributed by atoms with Crippen LogP contribution in [0.5, 0.6) is 0 Å². The Hall–Kier alpha value is -11.3. The molecular formula is C94H70F12O4. The number of halogens is 12. The summed E-state index contributed by atoms with van der Waals surface area (Å²) < 4.78 is 208. The van der Waals surface area contributed by atoms with Crippen LogP contribution in [0.1, 0.15) is 121 Å². The molecule has 16 rings (SSSR count). The fourth-order valence-corrected chi connectivity index (χ4v) is 17.9. The van der Waals surface area contributed by atoms with E-state index < -0.39 is 58.3 Å². The van der Waals surface area contributed by atoms with E-state index >= 15 is 52.7 Å². The lowest BCUT2D eigenvalue weighted by atomic mass is 9.76. The van der Waals surface area contributed by atoms with Gasteiger partial charge in [0.25, 0.3) is 0 Å². The number of hydrogen-bond donors (Lipinski definition) is 0. The number of aryl methyl sites for hydroxylation is 2. The average Bonchev–Trinajstić information content (AvgIpc) is 1.19. The molecule has 4 nitrogen and oxygen atoms in total. The monoisotopic (exact) mass is 1490 g/mol. The molecule has 16 heteroatoms. The van der Waals surface area contributed by atoms with E-state index in [4.69, 9.17) is 9.47 Å². The molecule has 0 aromatic heterocycles. The summed E-state index contributed by atoms with van der Waals surface area (Å²) in [6.07, 6.45) is -16.4. The van der Waals surface area contributed by atoms with E-state index in [1.165, 1.54) is 48.5 Å². The highest BCUT2D eigenvalue weighted by Gasteiger charge is 2.62. The number of allylic oxidation sites excluding steroid dienone is 2. The number of carbonyl (C=O) groups excluding carboxylic acids is 2. The fraction of sp³-hybridized carbons (Fsp3) is 0.213. The predicted octanol–water partition coefficient (Wildman–Crippen LogP) is 26.0. The highest BCUT2D eigenvalue weighted by molar-refractivity contribution is 6.32. The Morgan fingerprint density at radius 2 is 0.564 bits per heavy atom. The van der Waals surface area contributed by atoms with Crippen LogP contribution in [0.3, 0.4) is 0 Å². The number of esters is 2. The molecule has 0 amide bonds. The van der Waals surface area contributed by atoms with Gasteiger partial charge in [0.1, 0.15) is 21.7 Å². The van der Waals surface area contributed by atoms with E-state index in [1.54, 1.807) is 147 Å². The summed E-state index contributed by atoms with van der Waals surface area (Å²) in [6.45, 7) is 22.8. The normalized spacial score (nSPS) is 18.7. The van der Waals surface area contributed by atoms with E-state index in [-0.39, 0.29) is 81.7 Å². The van der Waals surface area contributed by atoms with Gasteiger partial charge < -0.3 is 9.47 Å². The predicted molar refractivity (Wildman–Crippen MR) is 412 cm³/mol. The molecule has 0 heterocycles. The molecule has 4 atom stereocenters. The van der Waals surface area contributed by atoms with Crippen LogP contribution in [-0.2, 0) is 53.6 Å². The zero-order valence-electron chi connectivity index (χ0n) is 60.7. The van der Waals surface area contributed by atoms with Gasteiger partial charge in [-0.25, -0.2) is 9.59 Å². The molecular weight excluding hydrogens is 1420 g/mol. The number of ether oxygens (including phenoxy) is 2. The van der Waals surface area contributed by atoms with E-state index in [9.17, 15) is 9.59 Å². The lowest BCUT2D eigenvalue weighted by Crippen LogP contribution is -2.39. The van der Waals surface area contributed by atoms with E-state index in [0.29, 0.717) is 156 Å². The van der Waals surface area contributed by atoms with Crippen LogP contribution in [0.15, 0.2) is 220 Å². The van der Waals surface area contributed by atoms with Crippen molar-refractivity contribution in [1.29, 1.82) is 0 Å². The highest BCUT2D eigenvalue weighted by Crippen LogP contribution is 2.64. The van der Waals surface area contributed by atoms with Gasteiger partial charge in [0, 0.05) is 12.2 Å². The Morgan fingerprint density at radius 1 is 0.327 bits per heavy atom. The van der Waals surface area contributed by atoms with Crippen molar-refractivity contribution in [3.8, 4) is 89.0 Å². The topological polar surface area (TPSA) is 52.6 Å². The average molecular weight is 1490 g/mol. The number of alkyl halides is 12. The maximum absolute atomic E-state index is 16.5. The molecule has 12 aromatic carbocycles. The third kappa shape index (κ3) is 10.6. The summed E-state index contributed by atoms with van der Waals surface area (Å²) in [4.78, 5) is 23.8. The zero-order valence-corrected chi connectivity index (χ0v) is 60.7. The first-order chi connectivity index (χ1) is 52.0. The van der Waals surface area contributed by atoms with Gasteiger partial charge in [-0.05, 0) is 304 Å². The van der Waals surface area contributed by atoms with Crippen molar-refractivity contribution < 1.29 is 71.7 Å². The number of fused-ring (bicyclic) bond motifs is 12. The van der Waals surface area contributed by atoms with Crippen molar-refractivity contribution in [3.05, 3.63) is 287 Å². The lowest BCUT2D eigenvalue weighted by Gasteiger charge is -2.31. The second-order valence-electron chi connectivity index (χ2n) is 30.3. The molecule has 0 saturated heterocycles. The van der Waals surface area contributed by atoms with E-state index in [1.807, 2.05) is 0 Å². The molecule has 110 heavy (non-hydrogen) atoms. The third-order valence-corrected chi connectivity index (χ3v) is 24.2. The van der Waals surface area contributed by atoms with Crippen molar-refractivity contribution in [1.82, 2.24) is 0 Å². The van der Waals surface area contributed by atoms with Gasteiger partial charge in [0.2, 0.25) is 0 Å². The maximum atomic E-state index is 16.5. The first-order valence-electron chi connectivity index (χ1n) is 36.1. The summed E-state index contributed by atoms with van der Waals surface area (Å²) in [5, 5.41) is 2.75. The van der Waals surface area contributed by atoms with Gasteiger partial charge in [-0.1, -0.05) is 171 Å². The van der Waals surface area contributed by atoms with Gasteiger partial charge in [-0.15, -0.1) is 0 Å². The molecule has 0 radical (unpaired) electrons. The van der Waals surface area contributed by atoms with Crippen LogP contribution in [-0.4, -0.2) is 49.9 Å². The minimum Gasteiger partial charge on any atom is -0.463 e. The first kappa shape index (κ1) is 72.9. The van der Waals surface area contributed by atoms with Crippen molar-refractivity contribution in [3.63, 3.8) is 0 Å². The van der Waals surface area contributed by atoms with Crippen LogP contribution in [0.4, 0.5) is 52.7 Å². The molecule has 0 bridgehead atoms. The molecule has 4 unspecified atom stereocenters. The summed E-state index contributed by atoms with van der Waals surface area (Å²) >= 11 is 0. The fourth-order valence-electron chi connectivity index (χ4n) is 17.9. The smallest absolute Gasteiger partial charge is 0.402 e. The molecule has 12 aromatic rings. The van der Waals surface area contributed by atoms with Crippen molar-refractivity contribution in [2.24, 2.45) is 0 Å². The van der Waals surface area contributed by atoms with Gasteiger partial charge >= 0.3 is 36.6 Å². The Bertz CT molecular complexity index is 5690. The Kier molecular flexibility index (Phi) is 16.7. The minimum atomic E-state index is -4.91. The highest BCUT2D eigenvalue weighted by atomic mass is 19.4.